The van der Waals surface area contributed by atoms with Crippen LogP contribution in [0.15, 0.2) is 71.1 Å². The Morgan fingerprint density at radius 2 is 0.894 bits per heavy atom. The number of hydrogen-bond acceptors (Lipinski definition) is 12. The van der Waals surface area contributed by atoms with Gasteiger partial charge in [0.05, 0.1) is 88.6 Å². The van der Waals surface area contributed by atoms with Crippen molar-refractivity contribution in [2.75, 3.05) is 0 Å². The standard InChI is InChI=1S/C82H90N8O2S5.C6H6F2S.C2H6.BFH3P2.Th/c1-9-15-19-21-23-25-27-29-31-43-57-63(45-59-65(61(47-83)85-7)53-39-33-35-41-55(53)75(59)91)93-81-73-79(95-77(57)81)67-69-70(88-97-87-69)68-72(71(67)89(73)49-51(13-5)37-17-11-3)90(50-52(14-6)38-18-12-4)74-80(68)96-78-58(44-32-30-28-26-24-22-20-16-10-2)64(94-82(74)78)46-60-66(62(48-84)86-8)54-40-34-36-42-56(54)76(60)92;1-3-5(7)6(8)4(2)9-3;1-2;2-1-4-3;/h33-36,39-42,45-46,51-52H,9-32,37-38,43-44,49-50H2,1-6H3;1-2H3;1-2H3;4H,3H2;/b59-45-,60-46-,65-61+,66-62?;;;;/i;;;4T;. The molecule has 0 aliphatic heterocycles. The SMILES string of the molecule is CC.Cc1sc(C)c(F)c1F.[3H]P(P)[B]F.[C-]#[N+]C(C#N)=C1/C(=C/c2sc3c(sc4c5c6nsnc6c6c7sc8c(CCCCCCCCCCC)c(/C=C9\C(=O)c%10ccccc%10\C9=C(\C#N)[N+]#[C-])sc8c7n(CC(CC)CCCC)c6c5n(CC(CC)CCCC)c34)c2CCCCCCCCCCC)C(=O)c2ccccc21.[Th]. The minimum atomic E-state index is -1.22. The topological polar surface area (TPSA) is 126 Å². The average molecular weight is 1890 g/mol. The van der Waals surface area contributed by atoms with Gasteiger partial charge < -0.3 is 13.4 Å². The van der Waals surface area contributed by atoms with E-state index in [2.05, 4.69) is 72.5 Å². The molecule has 10 nitrogen and oxygen atoms in total. The van der Waals surface area contributed by atoms with E-state index in [1.54, 1.807) is 36.5 Å². The van der Waals surface area contributed by atoms with Gasteiger partial charge in [-0.2, -0.15) is 8.75 Å². The van der Waals surface area contributed by atoms with Crippen LogP contribution < -0.4 is 0 Å². The fourth-order valence-electron chi connectivity index (χ4n) is 16.2. The van der Waals surface area contributed by atoms with Crippen molar-refractivity contribution in [1.29, 1.82) is 11.8 Å². The van der Waals surface area contributed by atoms with Gasteiger partial charge in [0.15, 0.2) is 23.2 Å². The summed E-state index contributed by atoms with van der Waals surface area (Å²) in [5.41, 5.74) is 13.2. The molecule has 0 fully saturated rings. The summed E-state index contributed by atoms with van der Waals surface area (Å²) in [6, 6.07) is 19.3. The van der Waals surface area contributed by atoms with Gasteiger partial charge >= 0.3 is 7.28 Å². The van der Waals surface area contributed by atoms with E-state index in [0.717, 1.165) is 135 Å². The minimum Gasteiger partial charge on any atom is -0.337 e. The van der Waals surface area contributed by atoms with Crippen molar-refractivity contribution in [3.8, 4) is 12.1 Å². The number of thiophene rings is 5. The fraction of sp³-hybridized carbons (Fsp3) is 0.467. The number of nitrogens with zero attached hydrogens (tertiary/aromatic N) is 8. The van der Waals surface area contributed by atoms with E-state index >= 15 is 0 Å². The van der Waals surface area contributed by atoms with Gasteiger partial charge in [-0.1, -0.05) is 245 Å². The van der Waals surface area contributed by atoms with Crippen molar-refractivity contribution < 1.29 is 62.6 Å². The molecule has 1 radical (unpaired) electrons. The van der Waals surface area contributed by atoms with Crippen LogP contribution >= 0.6 is 85.4 Å². The summed E-state index contributed by atoms with van der Waals surface area (Å²) in [4.78, 5) is 39.9. The molecule has 4 unspecified atom stereocenters. The summed E-state index contributed by atoms with van der Waals surface area (Å²) in [5.74, 6) is -0.901. The van der Waals surface area contributed by atoms with Crippen LogP contribution in [-0.2, 0) is 25.9 Å². The molecule has 13 rings (SSSR count). The van der Waals surface area contributed by atoms with E-state index in [-0.39, 0.29) is 62.9 Å². The number of Topliss-reactive ketones (excluding diaryl/α,β-unsaturated/α-hetero) is 2. The summed E-state index contributed by atoms with van der Waals surface area (Å²) in [5, 5.41) is 23.3. The molecule has 0 saturated carbocycles. The molecule has 2 aliphatic rings. The van der Waals surface area contributed by atoms with Crippen LogP contribution in [0, 0.1) is 113 Å². The monoisotopic (exact) mass is 1890 g/mol. The number of carbonyl (C=O) groups is 2. The Morgan fingerprint density at radius 3 is 1.20 bits per heavy atom. The number of ketones is 2. The number of benzene rings is 3. The van der Waals surface area contributed by atoms with Crippen molar-refractivity contribution in [3.63, 3.8) is 0 Å². The second kappa shape index (κ2) is 44.8. The average Bonchev–Trinajstić information content (AvgIpc) is 1.50. The van der Waals surface area contributed by atoms with E-state index in [0.29, 0.717) is 73.4 Å². The second-order valence-corrected chi connectivity index (χ2v) is 36.7. The first-order valence-corrected chi connectivity index (χ1v) is 48.1. The Bertz CT molecular complexity index is 5190. The number of carbonyl (C=O) groups excluding carboxylic acids is 2. The maximum Gasteiger partial charge on any atom is 0.387 e. The number of unbranched alkanes of at least 4 members (excludes halogenated alkanes) is 18. The molecule has 0 spiro atoms. The molecule has 0 bridgehead atoms. The third-order valence-corrected chi connectivity index (χ3v) is 29.1. The number of nitriles is 2. The summed E-state index contributed by atoms with van der Waals surface area (Å²) >= 11 is 9.77. The molecular weight excluding hydrogens is 1780 g/mol. The molecule has 0 saturated heterocycles. The van der Waals surface area contributed by atoms with Gasteiger partial charge in [0.1, 0.15) is 11.0 Å². The largest absolute Gasteiger partial charge is 0.387 e. The molecule has 11 aromatic rings. The number of aromatic nitrogens is 4. The van der Waals surface area contributed by atoms with Crippen molar-refractivity contribution in [2.24, 2.45) is 11.8 Å². The van der Waals surface area contributed by atoms with Gasteiger partial charge in [-0.25, -0.2) is 29.0 Å². The van der Waals surface area contributed by atoms with Crippen molar-refractivity contribution in [1.82, 2.24) is 17.9 Å². The molecule has 4 atom stereocenters. The Balaban J connectivity index is 0.000000791. The first kappa shape index (κ1) is 89.7. The zero-order chi connectivity index (χ0) is 81.0. The Kier molecular flexibility index (Phi) is 35.6. The molecule has 23 heteroatoms. The van der Waals surface area contributed by atoms with Gasteiger partial charge in [-0.05, 0) is 98.6 Å². The Hall–Kier alpha value is -5.60. The summed E-state index contributed by atoms with van der Waals surface area (Å²) < 4.78 is 65.6. The van der Waals surface area contributed by atoms with Crippen LogP contribution in [0.3, 0.4) is 0 Å². The van der Waals surface area contributed by atoms with Gasteiger partial charge in [0.2, 0.25) is 0 Å². The van der Waals surface area contributed by atoms with Gasteiger partial charge in [0.25, 0.3) is 11.4 Å². The molecule has 8 heterocycles. The number of fused-ring (bicyclic) bond motifs is 16. The van der Waals surface area contributed by atoms with Crippen LogP contribution in [0.5, 0.6) is 0 Å². The second-order valence-electron chi connectivity index (χ2n) is 29.2. The van der Waals surface area contributed by atoms with Crippen LogP contribution in [0.1, 0.15) is 285 Å². The van der Waals surface area contributed by atoms with Crippen LogP contribution in [0.25, 0.3) is 105 Å². The minimum absolute atomic E-state index is 0. The van der Waals surface area contributed by atoms with E-state index in [9.17, 15) is 33.2 Å². The van der Waals surface area contributed by atoms with Crippen molar-refractivity contribution in [3.05, 3.63) is 158 Å². The molecule has 2 aliphatic carbocycles. The smallest absolute Gasteiger partial charge is 0.337 e. The van der Waals surface area contributed by atoms with E-state index in [1.807, 2.05) is 106 Å². The zero-order valence-electron chi connectivity index (χ0n) is 68.2. The number of hydrogen-bond donors (Lipinski definition) is 0. The summed E-state index contributed by atoms with van der Waals surface area (Å²) in [6.07, 6.45) is 36.4. The van der Waals surface area contributed by atoms with Gasteiger partial charge in [0, 0.05) is 117 Å². The van der Waals surface area contributed by atoms with Crippen LogP contribution in [0.2, 0.25) is 0 Å². The van der Waals surface area contributed by atoms with E-state index in [1.165, 1.54) is 174 Å². The van der Waals surface area contributed by atoms with E-state index < -0.39 is 19.7 Å². The first-order chi connectivity index (χ1) is 55.0. The van der Waals surface area contributed by atoms with Crippen LogP contribution in [-0.4, -0.2) is 38.0 Å². The summed E-state index contributed by atoms with van der Waals surface area (Å²) in [7, 11) is 1.17. The predicted octanol–water partition coefficient (Wildman–Crippen LogP) is 30.5. The van der Waals surface area contributed by atoms with Crippen molar-refractivity contribution in [2.45, 2.75) is 262 Å². The maximum atomic E-state index is 14.8. The molecule has 0 N–H and O–H groups in total. The van der Waals surface area contributed by atoms with Crippen molar-refractivity contribution >= 4 is 200 Å². The van der Waals surface area contributed by atoms with Crippen LogP contribution in [0.4, 0.5) is 13.1 Å². The van der Waals surface area contributed by atoms with Gasteiger partial charge in [-0.15, -0.1) is 73.7 Å². The molecule has 0 amide bonds. The number of rotatable bonds is 35. The normalized spacial score (nSPS) is 15.0. The molecule has 3 aromatic carbocycles. The van der Waals surface area contributed by atoms with Gasteiger partial charge in [-0.3, -0.25) is 9.59 Å². The zero-order valence-corrected chi connectivity index (χ0v) is 78.3. The molecule has 8 aromatic heterocycles. The number of halogens is 3. The molecular formula is C90H105BF3N8O2P2S6Th. The predicted molar refractivity (Wildman–Crippen MR) is 484 cm³/mol. The maximum absolute atomic E-state index is 14.8. The Labute approximate surface area is 729 Å². The quantitative estimate of drug-likeness (QED) is 0.00972. The molecule has 591 valence electrons. The third kappa shape index (κ3) is 19.9. The third-order valence-electron chi connectivity index (χ3n) is 22.0. The first-order valence-electron chi connectivity index (χ1n) is 41.1. The van der Waals surface area contributed by atoms with E-state index in [4.69, 9.17) is 23.2 Å². The molecule has 113 heavy (non-hydrogen) atoms. The summed E-state index contributed by atoms with van der Waals surface area (Å²) in [6.45, 7) is 39.0. The number of aryl methyl sites for hydroxylation is 4. The fourth-order valence-corrected chi connectivity index (χ4v) is 23.5. The Morgan fingerprint density at radius 1 is 0.549 bits per heavy atom. The number of allylic oxidation sites excluding steroid dienone is 6.